The first-order valence-corrected chi connectivity index (χ1v) is 7.45. The van der Waals surface area contributed by atoms with Crippen LogP contribution in [0.5, 0.6) is 11.5 Å². The Labute approximate surface area is 127 Å². The second kappa shape index (κ2) is 5.58. The van der Waals surface area contributed by atoms with Crippen molar-refractivity contribution >= 4 is 11.3 Å². The van der Waals surface area contributed by atoms with Crippen molar-refractivity contribution < 1.29 is 9.84 Å². The van der Waals surface area contributed by atoms with Crippen molar-refractivity contribution in [3.05, 3.63) is 53.4 Å². The number of aromatic hydroxyl groups is 1. The lowest BCUT2D eigenvalue weighted by Gasteiger charge is -2.07. The Kier molecular flexibility index (Phi) is 3.62. The van der Waals surface area contributed by atoms with Crippen molar-refractivity contribution in [3.63, 3.8) is 0 Å². The molecular formula is C17H15NO2S. The van der Waals surface area contributed by atoms with E-state index in [4.69, 9.17) is 4.74 Å². The largest absolute Gasteiger partial charge is 0.508 e. The quantitative estimate of drug-likeness (QED) is 0.774. The van der Waals surface area contributed by atoms with Crippen molar-refractivity contribution in [3.8, 4) is 33.3 Å². The monoisotopic (exact) mass is 297 g/mol. The first-order valence-electron chi connectivity index (χ1n) is 6.57. The summed E-state index contributed by atoms with van der Waals surface area (Å²) < 4.78 is 5.41. The summed E-state index contributed by atoms with van der Waals surface area (Å²) in [7, 11) is 1.66. The summed E-state index contributed by atoms with van der Waals surface area (Å²) >= 11 is 1.55. The van der Waals surface area contributed by atoms with Gasteiger partial charge in [-0.25, -0.2) is 4.98 Å². The highest BCUT2D eigenvalue weighted by Gasteiger charge is 2.11. The summed E-state index contributed by atoms with van der Waals surface area (Å²) in [5.41, 5.74) is 3.95. The molecule has 3 rings (SSSR count). The number of rotatable bonds is 3. The second-order valence-corrected chi connectivity index (χ2v) is 5.65. The van der Waals surface area contributed by atoms with Crippen LogP contribution in [-0.2, 0) is 0 Å². The van der Waals surface area contributed by atoms with Crippen LogP contribution in [-0.4, -0.2) is 17.2 Å². The van der Waals surface area contributed by atoms with Gasteiger partial charge in [-0.1, -0.05) is 23.8 Å². The average Bonchev–Trinajstić information content (AvgIpc) is 2.97. The Bertz CT molecular complexity index is 780. The van der Waals surface area contributed by atoms with E-state index >= 15 is 0 Å². The number of nitrogens with zero attached hydrogens (tertiary/aromatic N) is 1. The van der Waals surface area contributed by atoms with Crippen LogP contribution in [0.1, 0.15) is 5.56 Å². The van der Waals surface area contributed by atoms with Crippen LogP contribution in [0.15, 0.2) is 47.8 Å². The molecule has 21 heavy (non-hydrogen) atoms. The van der Waals surface area contributed by atoms with Gasteiger partial charge in [0.05, 0.1) is 12.8 Å². The van der Waals surface area contributed by atoms with Crippen LogP contribution in [0.3, 0.4) is 0 Å². The highest BCUT2D eigenvalue weighted by Crippen LogP contribution is 2.35. The lowest BCUT2D eigenvalue weighted by atomic mass is 10.1. The van der Waals surface area contributed by atoms with Crippen LogP contribution >= 0.6 is 11.3 Å². The number of aromatic nitrogens is 1. The molecular weight excluding hydrogens is 282 g/mol. The molecule has 1 aromatic heterocycles. The lowest BCUT2D eigenvalue weighted by molar-refractivity contribution is 0.416. The van der Waals surface area contributed by atoms with Gasteiger partial charge in [0.25, 0.3) is 0 Å². The van der Waals surface area contributed by atoms with Crippen molar-refractivity contribution in [2.24, 2.45) is 0 Å². The van der Waals surface area contributed by atoms with Gasteiger partial charge in [-0.2, -0.15) is 0 Å². The van der Waals surface area contributed by atoms with Crippen LogP contribution < -0.4 is 4.74 Å². The Balaban J connectivity index is 2.04. The lowest BCUT2D eigenvalue weighted by Crippen LogP contribution is -1.89. The van der Waals surface area contributed by atoms with Gasteiger partial charge in [-0.3, -0.25) is 0 Å². The highest BCUT2D eigenvalue weighted by atomic mass is 32.1. The van der Waals surface area contributed by atoms with Crippen molar-refractivity contribution in [1.29, 1.82) is 0 Å². The van der Waals surface area contributed by atoms with E-state index in [1.54, 1.807) is 30.6 Å². The summed E-state index contributed by atoms with van der Waals surface area (Å²) in [5, 5.41) is 12.5. The smallest absolute Gasteiger partial charge is 0.128 e. The number of phenols is 1. The van der Waals surface area contributed by atoms with Gasteiger partial charge >= 0.3 is 0 Å². The minimum absolute atomic E-state index is 0.248. The fraction of sp³-hybridized carbons (Fsp3) is 0.118. The highest BCUT2D eigenvalue weighted by molar-refractivity contribution is 7.13. The van der Waals surface area contributed by atoms with E-state index < -0.39 is 0 Å². The number of ether oxygens (including phenoxy) is 1. The molecule has 106 valence electrons. The molecule has 3 nitrogen and oxygen atoms in total. The number of benzene rings is 2. The molecule has 0 aliphatic carbocycles. The number of hydrogen-bond acceptors (Lipinski definition) is 4. The third-order valence-corrected chi connectivity index (χ3v) is 4.12. The van der Waals surface area contributed by atoms with E-state index in [0.717, 1.165) is 33.1 Å². The molecule has 0 unspecified atom stereocenters. The van der Waals surface area contributed by atoms with Crippen molar-refractivity contribution in [2.75, 3.05) is 7.11 Å². The van der Waals surface area contributed by atoms with Gasteiger partial charge < -0.3 is 9.84 Å². The Morgan fingerprint density at radius 3 is 2.76 bits per heavy atom. The van der Waals surface area contributed by atoms with Gasteiger partial charge in [-0.15, -0.1) is 11.3 Å². The molecule has 4 heteroatoms. The predicted octanol–water partition coefficient (Wildman–Crippen LogP) is 4.50. The molecule has 0 spiro atoms. The van der Waals surface area contributed by atoms with E-state index in [-0.39, 0.29) is 5.75 Å². The number of hydrogen-bond donors (Lipinski definition) is 1. The molecule has 0 saturated carbocycles. The van der Waals surface area contributed by atoms with Gasteiger partial charge in [-0.05, 0) is 31.2 Å². The topological polar surface area (TPSA) is 42.4 Å². The van der Waals surface area contributed by atoms with E-state index in [2.05, 4.69) is 11.1 Å². The van der Waals surface area contributed by atoms with Crippen LogP contribution in [0.2, 0.25) is 0 Å². The second-order valence-electron chi connectivity index (χ2n) is 4.79. The maximum absolute atomic E-state index is 9.57. The SMILES string of the molecule is COc1ccc(C)cc1-c1csc(-c2cccc(O)c2)n1. The summed E-state index contributed by atoms with van der Waals surface area (Å²) in [6.45, 7) is 2.05. The van der Waals surface area contributed by atoms with E-state index in [0.29, 0.717) is 0 Å². The molecule has 0 amide bonds. The van der Waals surface area contributed by atoms with Crippen LogP contribution in [0.25, 0.3) is 21.8 Å². The van der Waals surface area contributed by atoms with E-state index in [1.807, 2.05) is 36.6 Å². The fourth-order valence-corrected chi connectivity index (χ4v) is 3.01. The van der Waals surface area contributed by atoms with Gasteiger partial charge in [0, 0.05) is 16.5 Å². The third-order valence-electron chi connectivity index (χ3n) is 3.23. The average molecular weight is 297 g/mol. The minimum atomic E-state index is 0.248. The molecule has 0 radical (unpaired) electrons. The minimum Gasteiger partial charge on any atom is -0.508 e. The Morgan fingerprint density at radius 1 is 1.14 bits per heavy atom. The number of aryl methyl sites for hydroxylation is 1. The number of phenolic OH excluding ortho intramolecular Hbond substituents is 1. The standard InChI is InChI=1S/C17H15NO2S/c1-11-6-7-16(20-2)14(8-11)15-10-21-17(18-15)12-4-3-5-13(19)9-12/h3-10,19H,1-2H3. The van der Waals surface area contributed by atoms with Gasteiger partial charge in [0.1, 0.15) is 16.5 Å². The maximum Gasteiger partial charge on any atom is 0.128 e. The normalized spacial score (nSPS) is 10.6. The zero-order valence-corrected chi connectivity index (χ0v) is 12.6. The molecule has 0 bridgehead atoms. The molecule has 0 aliphatic heterocycles. The Morgan fingerprint density at radius 2 is 2.00 bits per heavy atom. The van der Waals surface area contributed by atoms with Crippen molar-refractivity contribution in [2.45, 2.75) is 6.92 Å². The Hall–Kier alpha value is -2.33. The summed E-state index contributed by atoms with van der Waals surface area (Å²) in [4.78, 5) is 4.67. The van der Waals surface area contributed by atoms with E-state index in [1.165, 1.54) is 0 Å². The van der Waals surface area contributed by atoms with Gasteiger partial charge in [0.15, 0.2) is 0 Å². The molecule has 0 aliphatic rings. The fourth-order valence-electron chi connectivity index (χ4n) is 2.19. The molecule has 2 aromatic carbocycles. The summed E-state index contributed by atoms with van der Waals surface area (Å²) in [6, 6.07) is 13.2. The maximum atomic E-state index is 9.57. The molecule has 1 heterocycles. The van der Waals surface area contributed by atoms with Crippen molar-refractivity contribution in [1.82, 2.24) is 4.98 Å². The summed E-state index contributed by atoms with van der Waals surface area (Å²) in [6.07, 6.45) is 0. The van der Waals surface area contributed by atoms with Crippen LogP contribution in [0.4, 0.5) is 0 Å². The van der Waals surface area contributed by atoms with Crippen LogP contribution in [0, 0.1) is 6.92 Å². The zero-order valence-electron chi connectivity index (χ0n) is 11.8. The summed E-state index contributed by atoms with van der Waals surface area (Å²) in [5.74, 6) is 1.06. The number of thiazole rings is 1. The number of methoxy groups -OCH3 is 1. The first-order chi connectivity index (χ1) is 10.2. The zero-order chi connectivity index (χ0) is 14.8. The first kappa shape index (κ1) is 13.6. The van der Waals surface area contributed by atoms with E-state index in [9.17, 15) is 5.11 Å². The molecule has 0 fully saturated rings. The third kappa shape index (κ3) is 2.76. The molecule has 1 N–H and O–H groups in total. The molecule has 3 aromatic rings. The van der Waals surface area contributed by atoms with Gasteiger partial charge in [0.2, 0.25) is 0 Å². The predicted molar refractivity (Wildman–Crippen MR) is 85.9 cm³/mol. The molecule has 0 saturated heterocycles. The molecule has 0 atom stereocenters.